The van der Waals surface area contributed by atoms with Crippen LogP contribution in [0, 0.1) is 6.92 Å². The topological polar surface area (TPSA) is 184 Å². The number of aromatic nitrogens is 3. The first-order valence-electron chi connectivity index (χ1n) is 15.0. The van der Waals surface area contributed by atoms with Gasteiger partial charge in [-0.2, -0.15) is 19.4 Å². The molecule has 0 saturated carbocycles. The number of hydrogen-bond acceptors (Lipinski definition) is 15. The van der Waals surface area contributed by atoms with Gasteiger partial charge in [0.2, 0.25) is 11.9 Å². The Kier molecular flexibility index (Phi) is 28.6. The first-order chi connectivity index (χ1) is 23.1. The summed E-state index contributed by atoms with van der Waals surface area (Å²) < 4.78 is 8.05. The van der Waals surface area contributed by atoms with Crippen molar-refractivity contribution in [3.8, 4) is 5.75 Å². The fraction of sp³-hybridized carbons (Fsp3) is 0.375. The molecule has 1 aromatic heterocycles. The van der Waals surface area contributed by atoms with E-state index >= 15 is 0 Å². The van der Waals surface area contributed by atoms with E-state index in [4.69, 9.17) is 10.5 Å². The molecule has 49 heavy (non-hydrogen) atoms. The van der Waals surface area contributed by atoms with E-state index in [1.54, 1.807) is 24.3 Å². The number of carbonyl (C=O) groups is 1. The first-order valence-corrected chi connectivity index (χ1v) is 16.7. The maximum Gasteiger partial charge on any atom is 0.232 e. The summed E-state index contributed by atoms with van der Waals surface area (Å²) in [6.45, 7) is 14.0. The number of rotatable bonds is 10. The molecule has 4 rings (SSSR count). The van der Waals surface area contributed by atoms with Crippen molar-refractivity contribution in [2.75, 3.05) is 31.8 Å². The Hall–Kier alpha value is -2.80. The number of phenols is 1. The van der Waals surface area contributed by atoms with Crippen LogP contribution in [0.2, 0.25) is 0 Å². The van der Waals surface area contributed by atoms with Gasteiger partial charge in [-0.1, -0.05) is 89.0 Å². The SMILES string of the molecule is CC.CC.CNC(=O)CSOO.Cc1nc(C(C)C)nc(N(C)C)n1.OOOSc1cc2ccccc2c(O)c1N=Nc1ccccc1.[Y]. The number of fused-ring (bicyclic) bond motifs is 1. The minimum atomic E-state index is -0.177. The van der Waals surface area contributed by atoms with Crippen molar-refractivity contribution in [1.82, 2.24) is 20.3 Å². The van der Waals surface area contributed by atoms with E-state index in [0.29, 0.717) is 33.9 Å². The van der Waals surface area contributed by atoms with E-state index in [-0.39, 0.29) is 55.8 Å². The second-order valence-corrected chi connectivity index (χ2v) is 10.6. The van der Waals surface area contributed by atoms with E-state index in [0.717, 1.165) is 35.0 Å². The van der Waals surface area contributed by atoms with Crippen molar-refractivity contribution in [3.05, 3.63) is 72.3 Å². The van der Waals surface area contributed by atoms with Crippen molar-refractivity contribution in [3.63, 3.8) is 0 Å². The average molecular weight is 795 g/mol. The number of nitrogens with zero attached hydrogens (tertiary/aromatic N) is 6. The fourth-order valence-electron chi connectivity index (χ4n) is 3.20. The fourth-order valence-corrected chi connectivity index (χ4v) is 4.00. The van der Waals surface area contributed by atoms with Crippen LogP contribution in [0.25, 0.3) is 10.8 Å². The summed E-state index contributed by atoms with van der Waals surface area (Å²) in [6, 6.07) is 18.2. The van der Waals surface area contributed by atoms with Crippen molar-refractivity contribution in [2.24, 2.45) is 10.2 Å². The molecule has 0 bridgehead atoms. The summed E-state index contributed by atoms with van der Waals surface area (Å²) in [5, 5.41) is 42.2. The smallest absolute Gasteiger partial charge is 0.232 e. The molecule has 17 heteroatoms. The van der Waals surface area contributed by atoms with E-state index < -0.39 is 0 Å². The van der Waals surface area contributed by atoms with Crippen molar-refractivity contribution >= 4 is 58.1 Å². The van der Waals surface area contributed by atoms with Crippen LogP contribution in [0.5, 0.6) is 5.75 Å². The summed E-state index contributed by atoms with van der Waals surface area (Å²) >= 11 is 1.41. The van der Waals surface area contributed by atoms with Crippen LogP contribution in [-0.2, 0) is 51.2 Å². The molecule has 4 aromatic rings. The van der Waals surface area contributed by atoms with Gasteiger partial charge in [-0.3, -0.25) is 4.79 Å². The van der Waals surface area contributed by atoms with Gasteiger partial charge in [-0.15, -0.1) is 9.45 Å². The van der Waals surface area contributed by atoms with E-state index in [1.165, 1.54) is 7.05 Å². The molecule has 0 aliphatic carbocycles. The van der Waals surface area contributed by atoms with E-state index in [2.05, 4.69) is 58.1 Å². The van der Waals surface area contributed by atoms with Crippen LogP contribution in [-0.4, -0.2) is 63.4 Å². The molecular weight excluding hydrogens is 747 g/mol. The third-order valence-corrected chi connectivity index (χ3v) is 6.43. The van der Waals surface area contributed by atoms with Gasteiger partial charge in [0, 0.05) is 77.2 Å². The quantitative estimate of drug-likeness (QED) is 0.0518. The Morgan fingerprint density at radius 3 is 2.12 bits per heavy atom. The number of anilines is 1. The molecule has 1 heterocycles. The zero-order valence-electron chi connectivity index (χ0n) is 29.6. The summed E-state index contributed by atoms with van der Waals surface area (Å²) in [4.78, 5) is 25.4. The zero-order chi connectivity index (χ0) is 36.5. The van der Waals surface area contributed by atoms with Crippen molar-refractivity contribution in [1.29, 1.82) is 0 Å². The Labute approximate surface area is 322 Å². The number of benzene rings is 3. The monoisotopic (exact) mass is 794 g/mol. The van der Waals surface area contributed by atoms with Gasteiger partial charge in [0.25, 0.3) is 0 Å². The number of aromatic hydroxyl groups is 1. The number of phenolic OH excluding ortho intramolecular Hbond substituents is 1. The molecule has 1 amide bonds. The average Bonchev–Trinajstić information content (AvgIpc) is 3.11. The Morgan fingerprint density at radius 2 is 1.57 bits per heavy atom. The molecule has 1 radical (unpaired) electrons. The summed E-state index contributed by atoms with van der Waals surface area (Å²) in [5.41, 5.74) is 0.880. The molecule has 3 aromatic carbocycles. The molecule has 0 atom stereocenters. The molecule has 4 N–H and O–H groups in total. The molecule has 0 fully saturated rings. The predicted octanol–water partition coefficient (Wildman–Crippen LogP) is 8.68. The second-order valence-electron chi connectivity index (χ2n) is 9.15. The molecule has 267 valence electrons. The minimum Gasteiger partial charge on any atom is -0.505 e. The molecule has 0 unspecified atom stereocenters. The van der Waals surface area contributed by atoms with Crippen molar-refractivity contribution < 1.29 is 66.8 Å². The third-order valence-electron chi connectivity index (χ3n) is 5.33. The van der Waals surface area contributed by atoms with Gasteiger partial charge in [-0.05, 0) is 30.5 Å². The molecule has 0 saturated heterocycles. The predicted molar refractivity (Wildman–Crippen MR) is 193 cm³/mol. The Bertz CT molecular complexity index is 1480. The maximum atomic E-state index is 10.5. The zero-order valence-corrected chi connectivity index (χ0v) is 34.1. The number of azo groups is 1. The number of hydrogen-bond donors (Lipinski definition) is 4. The number of carbonyl (C=O) groups excluding carboxylic acids is 1. The van der Waals surface area contributed by atoms with Gasteiger partial charge in [-0.25, -0.2) is 15.5 Å². The largest absolute Gasteiger partial charge is 0.505 e. The van der Waals surface area contributed by atoms with Crippen LogP contribution in [0.4, 0.5) is 17.3 Å². The standard InChI is InChI=1S/C16H12N2O4S.C9H16N4.C3H7NO3S.2C2H6.Y/c19-16-13-9-5-4-6-11(13)10-14(23-22-21-20)15(16)18-17-12-7-2-1-3-8-12;1-6(2)8-10-7(3)11-9(12-8)13(4)5;1-4-3(5)2-8-7-6;2*1-2;/h1-10,19-20H;6H,1-5H3;6H,2H2,1H3,(H,4,5);2*1-2H3;. The van der Waals surface area contributed by atoms with Gasteiger partial charge in [0.05, 0.1) is 22.6 Å². The number of aryl methyl sites for hydroxylation is 1. The summed E-state index contributed by atoms with van der Waals surface area (Å²) in [6.07, 6.45) is 0. The van der Waals surface area contributed by atoms with E-state index in [9.17, 15) is 9.90 Å². The normalized spacial score (nSPS) is 9.82. The van der Waals surface area contributed by atoms with Crippen LogP contribution in [0.3, 0.4) is 0 Å². The molecule has 0 spiro atoms. The van der Waals surface area contributed by atoms with Crippen LogP contribution in [0.1, 0.15) is 59.1 Å². The van der Waals surface area contributed by atoms with Crippen LogP contribution < -0.4 is 10.2 Å². The van der Waals surface area contributed by atoms with Gasteiger partial charge in [0.1, 0.15) is 23.1 Å². The van der Waals surface area contributed by atoms with Gasteiger partial charge < -0.3 is 15.3 Å². The molecule has 0 aliphatic heterocycles. The number of amides is 1. The minimum absolute atomic E-state index is 0. The maximum absolute atomic E-state index is 10.5. The Morgan fingerprint density at radius 1 is 0.959 bits per heavy atom. The Balaban J connectivity index is 0. The van der Waals surface area contributed by atoms with Crippen molar-refractivity contribution in [2.45, 2.75) is 59.3 Å². The van der Waals surface area contributed by atoms with Gasteiger partial charge in [0.15, 0.2) is 5.75 Å². The van der Waals surface area contributed by atoms with Crippen LogP contribution >= 0.6 is 24.1 Å². The molecule has 14 nitrogen and oxygen atoms in total. The second kappa shape index (κ2) is 29.0. The molecular formula is C32H47N7O7S2Y. The molecule has 0 aliphatic rings. The summed E-state index contributed by atoms with van der Waals surface area (Å²) in [7, 11) is 5.37. The van der Waals surface area contributed by atoms with Crippen LogP contribution in [0.15, 0.2) is 75.8 Å². The van der Waals surface area contributed by atoms with Gasteiger partial charge >= 0.3 is 0 Å². The number of nitrogens with one attached hydrogen (secondary N) is 1. The third kappa shape index (κ3) is 18.7. The van der Waals surface area contributed by atoms with E-state index in [1.807, 2.05) is 90.0 Å². The first kappa shape index (κ1) is 48.3. The summed E-state index contributed by atoms with van der Waals surface area (Å²) in [5.74, 6) is 2.64.